The number of benzene rings is 2. The molecule has 1 heterocycles. The summed E-state index contributed by atoms with van der Waals surface area (Å²) in [4.78, 5) is 24.5. The Labute approximate surface area is 189 Å². The quantitative estimate of drug-likeness (QED) is 0.501. The third kappa shape index (κ3) is 2.87. The number of rotatable bonds is 3. The lowest BCUT2D eigenvalue weighted by Crippen LogP contribution is -2.54. The second kappa shape index (κ2) is 7.21. The van der Waals surface area contributed by atoms with E-state index in [4.69, 9.17) is 23.2 Å². The summed E-state index contributed by atoms with van der Waals surface area (Å²) in [6.07, 6.45) is 3.40. The Morgan fingerprint density at radius 2 is 1.71 bits per heavy atom. The van der Waals surface area contributed by atoms with Gasteiger partial charge in [-0.25, -0.2) is 9.29 Å². The van der Waals surface area contributed by atoms with Crippen LogP contribution in [-0.2, 0) is 9.59 Å². The van der Waals surface area contributed by atoms with E-state index in [9.17, 15) is 19.1 Å². The van der Waals surface area contributed by atoms with Crippen LogP contribution in [0.2, 0.25) is 0 Å². The minimum absolute atomic E-state index is 0.0359. The molecule has 160 valence electrons. The third-order valence-electron chi connectivity index (χ3n) is 6.15. The van der Waals surface area contributed by atoms with Crippen molar-refractivity contribution in [2.24, 2.45) is 0 Å². The molecule has 1 aliphatic heterocycles. The second-order valence-electron chi connectivity index (χ2n) is 7.98. The van der Waals surface area contributed by atoms with Gasteiger partial charge in [-0.15, -0.1) is 23.2 Å². The van der Waals surface area contributed by atoms with Crippen molar-refractivity contribution in [3.63, 3.8) is 0 Å². The lowest BCUT2D eigenvalue weighted by Gasteiger charge is -2.42. The Morgan fingerprint density at radius 3 is 2.26 bits per heavy atom. The van der Waals surface area contributed by atoms with E-state index in [1.165, 1.54) is 12.1 Å². The first kappa shape index (κ1) is 21.6. The molecule has 2 aromatic carbocycles. The monoisotopic (exact) mass is 459 g/mol. The Morgan fingerprint density at radius 1 is 1.13 bits per heavy atom. The number of hydrogen-bond acceptors (Lipinski definition) is 3. The summed E-state index contributed by atoms with van der Waals surface area (Å²) < 4.78 is 13.4. The highest BCUT2D eigenvalue weighted by Gasteiger charge is 2.73. The number of amides is 2. The molecule has 0 aromatic heterocycles. The molecule has 0 unspecified atom stereocenters. The van der Waals surface area contributed by atoms with Gasteiger partial charge in [0.05, 0.1) is 5.69 Å². The number of imide groups is 1. The molecule has 31 heavy (non-hydrogen) atoms. The number of phenols is 1. The van der Waals surface area contributed by atoms with Crippen LogP contribution in [0.25, 0.3) is 0 Å². The molecule has 0 bridgehead atoms. The normalized spacial score (nSPS) is 27.8. The van der Waals surface area contributed by atoms with Crippen LogP contribution in [-0.4, -0.2) is 26.7 Å². The van der Waals surface area contributed by atoms with Crippen molar-refractivity contribution in [3.05, 3.63) is 83.2 Å². The molecular formula is C24H20Cl2FNO3. The van der Waals surface area contributed by atoms with E-state index in [0.29, 0.717) is 22.3 Å². The summed E-state index contributed by atoms with van der Waals surface area (Å²) in [5, 5.41) is 10.2. The molecule has 0 saturated carbocycles. The van der Waals surface area contributed by atoms with Crippen LogP contribution in [0.1, 0.15) is 29.0 Å². The van der Waals surface area contributed by atoms with Gasteiger partial charge in [-0.2, -0.15) is 0 Å². The highest BCUT2D eigenvalue weighted by Crippen LogP contribution is 2.59. The van der Waals surface area contributed by atoms with Gasteiger partial charge in [-0.3, -0.25) is 9.59 Å². The van der Waals surface area contributed by atoms with E-state index in [1.807, 2.05) is 0 Å². The fraction of sp³-hybridized carbons (Fsp3) is 0.250. The van der Waals surface area contributed by atoms with E-state index in [0.717, 1.165) is 17.0 Å². The van der Waals surface area contributed by atoms with Gasteiger partial charge in [0, 0.05) is 5.92 Å². The lowest BCUT2D eigenvalue weighted by molar-refractivity contribution is -0.122. The number of aromatic hydroxyl groups is 1. The molecule has 2 aliphatic rings. The van der Waals surface area contributed by atoms with E-state index < -0.39 is 33.3 Å². The zero-order valence-electron chi connectivity index (χ0n) is 17.0. The largest absolute Gasteiger partial charge is 0.507 e. The van der Waals surface area contributed by atoms with Crippen molar-refractivity contribution in [1.29, 1.82) is 0 Å². The Bertz CT molecular complexity index is 1140. The summed E-state index contributed by atoms with van der Waals surface area (Å²) >= 11 is 14.0. The third-order valence-corrected chi connectivity index (χ3v) is 7.56. The van der Waals surface area contributed by atoms with Gasteiger partial charge in [0.15, 0.2) is 9.75 Å². The lowest BCUT2D eigenvalue weighted by atomic mass is 9.68. The number of hydrogen-bond donors (Lipinski definition) is 1. The number of allylic oxidation sites excluding steroid dienone is 3. The van der Waals surface area contributed by atoms with Crippen LogP contribution in [0, 0.1) is 19.7 Å². The predicted octanol–water partition coefficient (Wildman–Crippen LogP) is 5.28. The zero-order chi connectivity index (χ0) is 22.7. The van der Waals surface area contributed by atoms with Crippen molar-refractivity contribution >= 4 is 40.7 Å². The fourth-order valence-corrected chi connectivity index (χ4v) is 5.40. The average Bonchev–Trinajstić information content (AvgIpc) is 2.89. The molecule has 2 amide bonds. The van der Waals surface area contributed by atoms with Crippen molar-refractivity contribution in [2.45, 2.75) is 35.9 Å². The van der Waals surface area contributed by atoms with Gasteiger partial charge < -0.3 is 5.11 Å². The molecule has 1 saturated heterocycles. The smallest absolute Gasteiger partial charge is 0.258 e. The first-order valence-corrected chi connectivity index (χ1v) is 10.5. The number of alkyl halides is 2. The molecule has 1 fully saturated rings. The molecular weight excluding hydrogens is 440 g/mol. The second-order valence-corrected chi connectivity index (χ2v) is 9.23. The number of carbonyl (C=O) groups excluding carboxylic acids is 2. The van der Waals surface area contributed by atoms with Gasteiger partial charge in [0.25, 0.3) is 11.8 Å². The molecule has 2 aromatic rings. The molecule has 1 aliphatic carbocycles. The van der Waals surface area contributed by atoms with Gasteiger partial charge in [0.2, 0.25) is 0 Å². The van der Waals surface area contributed by atoms with E-state index in [1.54, 1.807) is 38.1 Å². The van der Waals surface area contributed by atoms with Crippen molar-refractivity contribution in [3.8, 4) is 5.75 Å². The molecule has 4 rings (SSSR count). The number of fused-ring (bicyclic) bond motifs is 1. The number of phenolic OH excluding ortho intramolecular Hbond substituents is 1. The number of aryl methyl sites for hydroxylation is 2. The zero-order valence-corrected chi connectivity index (χ0v) is 18.5. The molecule has 4 nitrogen and oxygen atoms in total. The summed E-state index contributed by atoms with van der Waals surface area (Å²) in [5.74, 6) is -2.46. The van der Waals surface area contributed by atoms with E-state index in [-0.39, 0.29) is 17.9 Å². The summed E-state index contributed by atoms with van der Waals surface area (Å²) in [7, 11) is 0. The van der Waals surface area contributed by atoms with Crippen LogP contribution in [0.5, 0.6) is 5.75 Å². The van der Waals surface area contributed by atoms with Gasteiger partial charge in [-0.1, -0.05) is 30.9 Å². The highest BCUT2D eigenvalue weighted by molar-refractivity contribution is 6.58. The Hall–Kier alpha value is -2.63. The van der Waals surface area contributed by atoms with E-state index >= 15 is 0 Å². The van der Waals surface area contributed by atoms with Crippen LogP contribution >= 0.6 is 23.2 Å². The standard InChI is InChI=1S/C24H20Cl2FNO3/c1-4-15-9-10-23(25)21(30)28(18-7-5-17(27)6-8-18)22(31)24(23,26)19(15)16-11-13(2)20(29)14(3)12-16/h4-9,11-12,19,29H,1,10H2,2-3H3/t19-,23-,24+/m1/s1. The first-order valence-electron chi connectivity index (χ1n) is 9.71. The average molecular weight is 460 g/mol. The Balaban J connectivity index is 1.94. The Kier molecular flexibility index (Phi) is 5.02. The summed E-state index contributed by atoms with van der Waals surface area (Å²) in [5.41, 5.74) is 2.72. The molecule has 3 atom stereocenters. The van der Waals surface area contributed by atoms with Crippen LogP contribution in [0.15, 0.2) is 60.7 Å². The molecule has 0 radical (unpaired) electrons. The van der Waals surface area contributed by atoms with Gasteiger partial charge in [0.1, 0.15) is 11.6 Å². The van der Waals surface area contributed by atoms with Crippen molar-refractivity contribution in [2.75, 3.05) is 4.90 Å². The number of anilines is 1. The molecule has 1 N–H and O–H groups in total. The maximum absolute atomic E-state index is 13.7. The van der Waals surface area contributed by atoms with Crippen LogP contribution in [0.3, 0.4) is 0 Å². The van der Waals surface area contributed by atoms with Crippen molar-refractivity contribution < 1.29 is 19.1 Å². The first-order chi connectivity index (χ1) is 14.6. The predicted molar refractivity (Wildman–Crippen MR) is 119 cm³/mol. The van der Waals surface area contributed by atoms with Crippen LogP contribution in [0.4, 0.5) is 10.1 Å². The number of nitrogens with zero attached hydrogens (tertiary/aromatic N) is 1. The molecule has 0 spiro atoms. The SMILES string of the molecule is C=CC1=CC[C@@]2(Cl)C(=O)N(c3ccc(F)cc3)C(=O)[C@@]2(Cl)[C@H]1c1cc(C)c(O)c(C)c1. The fourth-order valence-electron chi connectivity index (χ4n) is 4.56. The van der Waals surface area contributed by atoms with Gasteiger partial charge in [-0.05, 0) is 66.8 Å². The topological polar surface area (TPSA) is 57.6 Å². The minimum atomic E-state index is -1.84. The van der Waals surface area contributed by atoms with E-state index in [2.05, 4.69) is 6.58 Å². The number of carbonyl (C=O) groups is 2. The van der Waals surface area contributed by atoms with Gasteiger partial charge >= 0.3 is 0 Å². The van der Waals surface area contributed by atoms with Crippen molar-refractivity contribution in [1.82, 2.24) is 0 Å². The minimum Gasteiger partial charge on any atom is -0.507 e. The highest BCUT2D eigenvalue weighted by atomic mass is 35.5. The summed E-state index contributed by atoms with van der Waals surface area (Å²) in [6, 6.07) is 8.47. The van der Waals surface area contributed by atoms with Crippen LogP contribution < -0.4 is 4.90 Å². The maximum atomic E-state index is 13.7. The summed E-state index contributed by atoms with van der Waals surface area (Å²) in [6.45, 7) is 7.34. The number of halogens is 3. The molecule has 7 heteroatoms. The maximum Gasteiger partial charge on any atom is 0.258 e.